The number of nitrogens with one attached hydrogen (secondary N) is 2. The van der Waals surface area contributed by atoms with E-state index in [0.29, 0.717) is 12.0 Å². The van der Waals surface area contributed by atoms with E-state index in [1.54, 1.807) is 6.33 Å². The van der Waals surface area contributed by atoms with Gasteiger partial charge in [0.2, 0.25) is 0 Å². The number of rotatable bonds is 9. The molecular weight excluding hydrogens is 304 g/mol. The van der Waals surface area contributed by atoms with E-state index in [2.05, 4.69) is 39.7 Å². The number of aromatic nitrogens is 3. The molecule has 1 aliphatic carbocycles. The van der Waals surface area contributed by atoms with E-state index >= 15 is 0 Å². The maximum atomic E-state index is 5.59. The van der Waals surface area contributed by atoms with Crippen LogP contribution in [0, 0.1) is 5.41 Å². The Morgan fingerprint density at radius 1 is 1.33 bits per heavy atom. The molecule has 0 unspecified atom stereocenters. The molecule has 24 heavy (non-hydrogen) atoms. The minimum Gasteiger partial charge on any atom is -0.382 e. The summed E-state index contributed by atoms with van der Waals surface area (Å²) in [6, 6.07) is 0. The number of nitrogens with zero attached hydrogens (tertiary/aromatic N) is 4. The smallest absolute Gasteiger partial charge is 0.191 e. The molecule has 0 aromatic carbocycles. The van der Waals surface area contributed by atoms with E-state index in [4.69, 9.17) is 4.74 Å². The monoisotopic (exact) mass is 336 g/mol. The van der Waals surface area contributed by atoms with Crippen LogP contribution in [0.2, 0.25) is 0 Å². The summed E-state index contributed by atoms with van der Waals surface area (Å²) in [5, 5.41) is 14.8. The second-order valence-electron chi connectivity index (χ2n) is 6.56. The fraction of sp³-hybridized carbons (Fsp3) is 0.824. The van der Waals surface area contributed by atoms with Crippen LogP contribution in [0.15, 0.2) is 11.3 Å². The number of hydrogen-bond donors (Lipinski definition) is 2. The van der Waals surface area contributed by atoms with E-state index in [1.807, 2.05) is 11.6 Å². The quantitative estimate of drug-likeness (QED) is 0.409. The topological polar surface area (TPSA) is 76.4 Å². The highest BCUT2D eigenvalue weighted by Gasteiger charge is 2.33. The molecule has 0 bridgehead atoms. The first kappa shape index (κ1) is 18.7. The first-order valence-corrected chi connectivity index (χ1v) is 9.12. The van der Waals surface area contributed by atoms with Crippen LogP contribution in [0.1, 0.15) is 51.8 Å². The average molecular weight is 336 g/mol. The first-order valence-electron chi connectivity index (χ1n) is 9.12. The fourth-order valence-electron chi connectivity index (χ4n) is 3.29. The summed E-state index contributed by atoms with van der Waals surface area (Å²) < 4.78 is 7.49. The summed E-state index contributed by atoms with van der Waals surface area (Å²) in [4.78, 5) is 4.65. The second-order valence-corrected chi connectivity index (χ2v) is 6.56. The predicted octanol–water partition coefficient (Wildman–Crippen LogP) is 1.86. The highest BCUT2D eigenvalue weighted by molar-refractivity contribution is 5.79. The van der Waals surface area contributed by atoms with E-state index in [0.717, 1.165) is 44.5 Å². The minimum atomic E-state index is 0.343. The molecule has 7 nitrogen and oxygen atoms in total. The Balaban J connectivity index is 1.92. The third kappa shape index (κ3) is 5.47. The van der Waals surface area contributed by atoms with E-state index in [1.165, 1.54) is 25.7 Å². The van der Waals surface area contributed by atoms with Crippen molar-refractivity contribution in [2.75, 3.05) is 26.3 Å². The molecule has 136 valence electrons. The van der Waals surface area contributed by atoms with Gasteiger partial charge in [-0.1, -0.05) is 12.8 Å². The maximum Gasteiger partial charge on any atom is 0.191 e. The molecule has 0 spiro atoms. The Labute approximate surface area is 145 Å². The lowest BCUT2D eigenvalue weighted by Crippen LogP contribution is -2.43. The average Bonchev–Trinajstić information content (AvgIpc) is 3.20. The number of aryl methyl sites for hydroxylation is 1. The summed E-state index contributed by atoms with van der Waals surface area (Å²) in [5.41, 5.74) is 0.343. The summed E-state index contributed by atoms with van der Waals surface area (Å²) in [6.07, 6.45) is 8.01. The van der Waals surface area contributed by atoms with Crippen molar-refractivity contribution in [3.8, 4) is 0 Å². The minimum absolute atomic E-state index is 0.343. The number of ether oxygens (including phenoxy) is 1. The summed E-state index contributed by atoms with van der Waals surface area (Å²) >= 11 is 0. The molecular formula is C17H32N6O. The molecule has 1 aliphatic rings. The Morgan fingerprint density at radius 3 is 2.75 bits per heavy atom. The molecule has 1 saturated carbocycles. The van der Waals surface area contributed by atoms with E-state index in [-0.39, 0.29) is 0 Å². The van der Waals surface area contributed by atoms with Crippen LogP contribution in [0.5, 0.6) is 0 Å². The number of aliphatic imine (C=N–C) groups is 1. The zero-order valence-corrected chi connectivity index (χ0v) is 15.3. The van der Waals surface area contributed by atoms with Crippen molar-refractivity contribution in [2.24, 2.45) is 17.5 Å². The van der Waals surface area contributed by atoms with Gasteiger partial charge >= 0.3 is 0 Å². The van der Waals surface area contributed by atoms with Gasteiger partial charge in [-0.15, -0.1) is 10.2 Å². The Kier molecular flexibility index (Phi) is 7.49. The molecule has 0 atom stereocenters. The summed E-state index contributed by atoms with van der Waals surface area (Å²) in [7, 11) is 1.94. The van der Waals surface area contributed by atoms with Crippen molar-refractivity contribution in [1.82, 2.24) is 25.4 Å². The van der Waals surface area contributed by atoms with Gasteiger partial charge in [-0.05, 0) is 38.5 Å². The third-order valence-corrected chi connectivity index (χ3v) is 4.80. The van der Waals surface area contributed by atoms with Crippen molar-refractivity contribution in [2.45, 2.75) is 52.5 Å². The SMILES string of the molecule is CCNC(=NCc1nncn1C)NCC1(CCOCC)CCCC1. The third-order valence-electron chi connectivity index (χ3n) is 4.80. The molecule has 0 aliphatic heterocycles. The van der Waals surface area contributed by atoms with Crippen molar-refractivity contribution >= 4 is 5.96 Å². The highest BCUT2D eigenvalue weighted by atomic mass is 16.5. The van der Waals surface area contributed by atoms with E-state index in [9.17, 15) is 0 Å². The Hall–Kier alpha value is -1.63. The largest absolute Gasteiger partial charge is 0.382 e. The molecule has 2 N–H and O–H groups in total. The van der Waals surface area contributed by atoms with Gasteiger partial charge in [0.15, 0.2) is 11.8 Å². The zero-order valence-electron chi connectivity index (χ0n) is 15.3. The lowest BCUT2D eigenvalue weighted by Gasteiger charge is -2.30. The van der Waals surface area contributed by atoms with Crippen molar-refractivity contribution < 1.29 is 4.74 Å². The van der Waals surface area contributed by atoms with Crippen LogP contribution < -0.4 is 10.6 Å². The molecule has 7 heteroatoms. The summed E-state index contributed by atoms with van der Waals surface area (Å²) in [5.74, 6) is 1.71. The molecule has 0 saturated heterocycles. The number of hydrogen-bond acceptors (Lipinski definition) is 4. The van der Waals surface area contributed by atoms with Gasteiger partial charge in [-0.25, -0.2) is 4.99 Å². The molecule has 0 amide bonds. The van der Waals surface area contributed by atoms with Gasteiger partial charge in [0.25, 0.3) is 0 Å². The van der Waals surface area contributed by atoms with Gasteiger partial charge in [-0.2, -0.15) is 0 Å². The highest BCUT2D eigenvalue weighted by Crippen LogP contribution is 2.40. The molecule has 1 fully saturated rings. The van der Waals surface area contributed by atoms with Gasteiger partial charge in [0.05, 0.1) is 0 Å². The first-order chi connectivity index (χ1) is 11.7. The fourth-order valence-corrected chi connectivity index (χ4v) is 3.29. The zero-order chi connectivity index (χ0) is 17.3. The standard InChI is InChI=1S/C17H32N6O/c1-4-18-16(19-12-15-22-21-14-23(15)3)20-13-17(8-6-7-9-17)10-11-24-5-2/h14H,4-13H2,1-3H3,(H2,18,19,20). The van der Waals surface area contributed by atoms with Gasteiger partial charge < -0.3 is 19.9 Å². The molecule has 1 aromatic heterocycles. The molecule has 1 aromatic rings. The predicted molar refractivity (Wildman–Crippen MR) is 95.8 cm³/mol. The Morgan fingerprint density at radius 2 is 2.12 bits per heavy atom. The van der Waals surface area contributed by atoms with Gasteiger partial charge in [-0.3, -0.25) is 0 Å². The van der Waals surface area contributed by atoms with Crippen LogP contribution in [-0.2, 0) is 18.3 Å². The Bertz CT molecular complexity index is 507. The van der Waals surface area contributed by atoms with E-state index < -0.39 is 0 Å². The van der Waals surface area contributed by atoms with Crippen LogP contribution in [0.4, 0.5) is 0 Å². The van der Waals surface area contributed by atoms with Crippen molar-refractivity contribution in [3.63, 3.8) is 0 Å². The van der Waals surface area contributed by atoms with Crippen LogP contribution in [0.3, 0.4) is 0 Å². The lowest BCUT2D eigenvalue weighted by atomic mass is 9.83. The maximum absolute atomic E-state index is 5.59. The second kappa shape index (κ2) is 9.61. The van der Waals surface area contributed by atoms with Gasteiger partial charge in [0, 0.05) is 33.4 Å². The van der Waals surface area contributed by atoms with Crippen LogP contribution >= 0.6 is 0 Å². The molecule has 2 rings (SSSR count). The molecule has 0 radical (unpaired) electrons. The normalized spacial score (nSPS) is 17.2. The van der Waals surface area contributed by atoms with Crippen molar-refractivity contribution in [3.05, 3.63) is 12.2 Å². The lowest BCUT2D eigenvalue weighted by molar-refractivity contribution is 0.105. The van der Waals surface area contributed by atoms with Gasteiger partial charge in [0.1, 0.15) is 12.9 Å². The summed E-state index contributed by atoms with van der Waals surface area (Å²) in [6.45, 7) is 8.11. The molecule has 1 heterocycles. The number of guanidine groups is 1. The van der Waals surface area contributed by atoms with Crippen LogP contribution in [-0.4, -0.2) is 47.0 Å². The van der Waals surface area contributed by atoms with Crippen molar-refractivity contribution in [1.29, 1.82) is 0 Å². The van der Waals surface area contributed by atoms with Crippen LogP contribution in [0.25, 0.3) is 0 Å².